The summed E-state index contributed by atoms with van der Waals surface area (Å²) in [5, 5.41) is 11.1. The van der Waals surface area contributed by atoms with E-state index in [9.17, 15) is 5.11 Å². The molecule has 3 aromatic carbocycles. The molecule has 38 heavy (non-hydrogen) atoms. The maximum absolute atomic E-state index is 11.1. The fraction of sp³-hybridized carbons (Fsp3) is 0.353. The molecule has 0 fully saturated rings. The summed E-state index contributed by atoms with van der Waals surface area (Å²) >= 11 is 1.63. The van der Waals surface area contributed by atoms with Crippen LogP contribution in [-0.4, -0.2) is 11.7 Å². The summed E-state index contributed by atoms with van der Waals surface area (Å²) in [5.41, 5.74) is 9.26. The second kappa shape index (κ2) is 13.1. The Balaban J connectivity index is 1.58. The van der Waals surface area contributed by atoms with Crippen LogP contribution < -0.4 is 9.04 Å². The third-order valence-corrected chi connectivity index (χ3v) is 8.06. The summed E-state index contributed by atoms with van der Waals surface area (Å²) in [7, 11) is 0. The second-order valence-electron chi connectivity index (χ2n) is 10.4. The van der Waals surface area contributed by atoms with Gasteiger partial charge in [-0.05, 0) is 86.5 Å². The van der Waals surface area contributed by atoms with E-state index in [1.54, 1.807) is 18.0 Å². The van der Waals surface area contributed by atoms with E-state index < -0.39 is 0 Å². The summed E-state index contributed by atoms with van der Waals surface area (Å²) in [6.45, 7) is 11.5. The standard InChI is InChI=1S/C34H41NO2S/c1-6-7-8-9-10-11-18-37-29-14-17-32(33(36)22-29)35-23-28(30-15-12-24(2)19-26(30)4)21-34(38-35)31-16-13-25(3)20-27(31)5/h12-17,19-23,36H,6-11,18H2,1-5H3. The molecule has 0 bridgehead atoms. The first-order valence-electron chi connectivity index (χ1n) is 13.9. The minimum atomic E-state index is 0.219. The van der Waals surface area contributed by atoms with E-state index in [1.165, 1.54) is 65.5 Å². The van der Waals surface area contributed by atoms with Crippen molar-refractivity contribution in [2.75, 3.05) is 10.9 Å². The molecule has 0 radical (unpaired) electrons. The molecule has 0 unspecified atom stereocenters. The molecule has 3 nitrogen and oxygen atoms in total. The molecule has 1 aliphatic rings. The smallest absolute Gasteiger partial charge is 0.143 e. The lowest BCUT2D eigenvalue weighted by atomic mass is 9.97. The first-order valence-corrected chi connectivity index (χ1v) is 14.6. The Morgan fingerprint density at radius 2 is 1.42 bits per heavy atom. The van der Waals surface area contributed by atoms with Crippen molar-refractivity contribution in [1.29, 1.82) is 0 Å². The Morgan fingerprint density at radius 3 is 2.08 bits per heavy atom. The number of aryl methyl sites for hydroxylation is 4. The number of ether oxygens (including phenoxy) is 1. The van der Waals surface area contributed by atoms with Crippen LogP contribution in [0.3, 0.4) is 0 Å². The zero-order valence-corrected chi connectivity index (χ0v) is 24.3. The van der Waals surface area contributed by atoms with E-state index >= 15 is 0 Å². The van der Waals surface area contributed by atoms with Crippen molar-refractivity contribution in [3.63, 3.8) is 0 Å². The highest BCUT2D eigenvalue weighted by Gasteiger charge is 2.22. The number of benzene rings is 3. The Kier molecular flexibility index (Phi) is 9.63. The molecular formula is C34H41NO2S. The minimum absolute atomic E-state index is 0.219. The van der Waals surface area contributed by atoms with E-state index in [1.807, 2.05) is 12.1 Å². The van der Waals surface area contributed by atoms with Gasteiger partial charge in [-0.15, -0.1) is 0 Å². The quantitative estimate of drug-likeness (QED) is 0.199. The third-order valence-electron chi connectivity index (χ3n) is 7.03. The Hall–Kier alpha value is -3.11. The lowest BCUT2D eigenvalue weighted by molar-refractivity contribution is 0.303. The third kappa shape index (κ3) is 7.05. The lowest BCUT2D eigenvalue weighted by Gasteiger charge is -2.28. The molecule has 200 valence electrons. The topological polar surface area (TPSA) is 32.7 Å². The van der Waals surface area contributed by atoms with Gasteiger partial charge in [0.05, 0.1) is 12.3 Å². The van der Waals surface area contributed by atoms with Gasteiger partial charge < -0.3 is 9.84 Å². The Bertz CT molecular complexity index is 1320. The summed E-state index contributed by atoms with van der Waals surface area (Å²) in [5.74, 6) is 0.932. The first-order chi connectivity index (χ1) is 18.4. The van der Waals surface area contributed by atoms with Crippen LogP contribution in [0.4, 0.5) is 5.69 Å². The molecule has 0 atom stereocenters. The molecule has 1 N–H and O–H groups in total. The molecule has 0 amide bonds. The van der Waals surface area contributed by atoms with Crippen LogP contribution in [-0.2, 0) is 0 Å². The van der Waals surface area contributed by atoms with Crippen LogP contribution in [0.15, 0.2) is 66.9 Å². The van der Waals surface area contributed by atoms with E-state index in [4.69, 9.17) is 4.74 Å². The van der Waals surface area contributed by atoms with E-state index in [0.717, 1.165) is 22.6 Å². The van der Waals surface area contributed by atoms with Crippen molar-refractivity contribution >= 4 is 28.1 Å². The van der Waals surface area contributed by atoms with E-state index in [0.29, 0.717) is 12.4 Å². The zero-order chi connectivity index (χ0) is 27.1. The van der Waals surface area contributed by atoms with Crippen molar-refractivity contribution in [3.8, 4) is 11.5 Å². The van der Waals surface area contributed by atoms with Crippen LogP contribution in [0.2, 0.25) is 0 Å². The summed E-state index contributed by atoms with van der Waals surface area (Å²) in [6, 6.07) is 18.8. The minimum Gasteiger partial charge on any atom is -0.506 e. The van der Waals surface area contributed by atoms with Gasteiger partial charge in [0.25, 0.3) is 0 Å². The number of hydrogen-bond donors (Lipinski definition) is 1. The molecule has 0 spiro atoms. The van der Waals surface area contributed by atoms with Crippen molar-refractivity contribution in [2.24, 2.45) is 0 Å². The number of unbranched alkanes of at least 4 members (excludes halogenated alkanes) is 5. The van der Waals surface area contributed by atoms with E-state index in [2.05, 4.69) is 87.6 Å². The van der Waals surface area contributed by atoms with Crippen LogP contribution in [0.25, 0.3) is 10.5 Å². The molecular weight excluding hydrogens is 486 g/mol. The van der Waals surface area contributed by atoms with Crippen molar-refractivity contribution in [2.45, 2.75) is 73.1 Å². The average Bonchev–Trinajstić information content (AvgIpc) is 2.88. The molecule has 0 aromatic heterocycles. The molecule has 0 saturated carbocycles. The summed E-state index contributed by atoms with van der Waals surface area (Å²) in [6.07, 6.45) is 11.8. The van der Waals surface area contributed by atoms with Crippen LogP contribution >= 0.6 is 11.9 Å². The molecule has 0 saturated heterocycles. The monoisotopic (exact) mass is 527 g/mol. The maximum Gasteiger partial charge on any atom is 0.143 e. The summed E-state index contributed by atoms with van der Waals surface area (Å²) in [4.78, 5) is 1.16. The number of allylic oxidation sites excluding steroid dienone is 2. The molecule has 4 rings (SSSR count). The first kappa shape index (κ1) is 27.9. The van der Waals surface area contributed by atoms with Crippen LogP contribution in [0, 0.1) is 27.7 Å². The summed E-state index contributed by atoms with van der Waals surface area (Å²) < 4.78 is 8.04. The van der Waals surface area contributed by atoms with Crippen molar-refractivity contribution < 1.29 is 9.84 Å². The number of hydrogen-bond acceptors (Lipinski definition) is 4. The number of nitrogens with zero attached hydrogens (tertiary/aromatic N) is 1. The van der Waals surface area contributed by atoms with Crippen LogP contribution in [0.5, 0.6) is 11.5 Å². The maximum atomic E-state index is 11.1. The number of rotatable bonds is 11. The Labute approximate surface area is 233 Å². The van der Waals surface area contributed by atoms with Gasteiger partial charge in [0.2, 0.25) is 0 Å². The molecule has 0 aliphatic carbocycles. The SMILES string of the molecule is CCCCCCCCOc1ccc(N2C=C(c3ccc(C)cc3C)C=C(c3ccc(C)cc3C)S2)c(O)c1. The fourth-order valence-corrected chi connectivity index (χ4v) is 6.07. The van der Waals surface area contributed by atoms with Gasteiger partial charge in [-0.2, -0.15) is 0 Å². The van der Waals surface area contributed by atoms with Gasteiger partial charge >= 0.3 is 0 Å². The molecule has 3 aromatic rings. The predicted octanol–water partition coefficient (Wildman–Crippen LogP) is 9.92. The Morgan fingerprint density at radius 1 is 0.763 bits per heavy atom. The molecule has 1 aliphatic heterocycles. The largest absolute Gasteiger partial charge is 0.506 e. The second-order valence-corrected chi connectivity index (χ2v) is 11.4. The fourth-order valence-electron chi connectivity index (χ4n) is 4.94. The van der Waals surface area contributed by atoms with Gasteiger partial charge in [0.15, 0.2) is 0 Å². The van der Waals surface area contributed by atoms with Gasteiger partial charge in [0.1, 0.15) is 11.5 Å². The zero-order valence-electron chi connectivity index (χ0n) is 23.5. The number of anilines is 1. The highest BCUT2D eigenvalue weighted by molar-refractivity contribution is 8.09. The predicted molar refractivity (Wildman–Crippen MR) is 165 cm³/mol. The van der Waals surface area contributed by atoms with E-state index in [-0.39, 0.29) is 5.75 Å². The molecule has 1 heterocycles. The van der Waals surface area contributed by atoms with Gasteiger partial charge in [0, 0.05) is 22.7 Å². The van der Waals surface area contributed by atoms with Gasteiger partial charge in [-0.3, -0.25) is 4.31 Å². The van der Waals surface area contributed by atoms with Crippen molar-refractivity contribution in [1.82, 2.24) is 0 Å². The van der Waals surface area contributed by atoms with Crippen molar-refractivity contribution in [3.05, 3.63) is 100 Å². The highest BCUT2D eigenvalue weighted by Crippen LogP contribution is 2.45. The van der Waals surface area contributed by atoms with Crippen LogP contribution in [0.1, 0.15) is 78.8 Å². The average molecular weight is 528 g/mol. The van der Waals surface area contributed by atoms with Gasteiger partial charge in [-0.25, -0.2) is 0 Å². The number of aromatic hydroxyl groups is 1. The number of phenols is 1. The normalized spacial score (nSPS) is 13.3. The van der Waals surface area contributed by atoms with Gasteiger partial charge in [-0.1, -0.05) is 86.6 Å². The highest BCUT2D eigenvalue weighted by atomic mass is 32.2. The molecule has 4 heteroatoms. The number of phenolic OH excluding ortho intramolecular Hbond substituents is 1. The lowest BCUT2D eigenvalue weighted by Crippen LogP contribution is -2.11.